The lowest BCUT2D eigenvalue weighted by atomic mass is 10.1. The van der Waals surface area contributed by atoms with E-state index < -0.39 is 0 Å². The molecular formula is C12H17NO. The van der Waals surface area contributed by atoms with Gasteiger partial charge in [-0.05, 0) is 32.9 Å². The van der Waals surface area contributed by atoms with Gasteiger partial charge in [-0.1, -0.05) is 18.2 Å². The van der Waals surface area contributed by atoms with E-state index in [0.717, 1.165) is 5.56 Å². The Morgan fingerprint density at radius 1 is 1.14 bits per heavy atom. The zero-order chi connectivity index (χ0) is 10.8. The minimum absolute atomic E-state index is 0.0677. The first-order valence-corrected chi connectivity index (χ1v) is 4.76. The summed E-state index contributed by atoms with van der Waals surface area (Å²) in [4.78, 5) is 13.7. The number of hydrogen-bond donors (Lipinski definition) is 0. The van der Waals surface area contributed by atoms with E-state index in [4.69, 9.17) is 0 Å². The first-order valence-electron chi connectivity index (χ1n) is 4.76. The molecule has 0 spiro atoms. The highest BCUT2D eigenvalue weighted by atomic mass is 16.2. The Morgan fingerprint density at radius 2 is 1.64 bits per heavy atom. The van der Waals surface area contributed by atoms with E-state index in [1.807, 2.05) is 58.2 Å². The first kappa shape index (κ1) is 10.8. The number of rotatable bonds is 1. The molecule has 0 heterocycles. The van der Waals surface area contributed by atoms with Crippen molar-refractivity contribution in [1.82, 2.24) is 4.90 Å². The van der Waals surface area contributed by atoms with Crippen molar-refractivity contribution in [2.75, 3.05) is 7.05 Å². The van der Waals surface area contributed by atoms with Gasteiger partial charge in [0.1, 0.15) is 0 Å². The second-order valence-electron chi connectivity index (χ2n) is 4.40. The molecule has 0 bridgehead atoms. The van der Waals surface area contributed by atoms with Crippen LogP contribution in [-0.2, 0) is 0 Å². The van der Waals surface area contributed by atoms with Crippen molar-refractivity contribution in [3.05, 3.63) is 35.9 Å². The van der Waals surface area contributed by atoms with Gasteiger partial charge in [0.15, 0.2) is 0 Å². The summed E-state index contributed by atoms with van der Waals surface area (Å²) in [5, 5.41) is 0. The average Bonchev–Trinajstić information content (AvgIpc) is 2.15. The van der Waals surface area contributed by atoms with E-state index in [1.165, 1.54) is 0 Å². The molecule has 76 valence electrons. The molecule has 0 fully saturated rings. The van der Waals surface area contributed by atoms with Gasteiger partial charge < -0.3 is 4.90 Å². The third-order valence-electron chi connectivity index (χ3n) is 2.33. The molecular weight excluding hydrogens is 174 g/mol. The van der Waals surface area contributed by atoms with E-state index in [0.29, 0.717) is 0 Å². The quantitative estimate of drug-likeness (QED) is 0.668. The summed E-state index contributed by atoms with van der Waals surface area (Å²) in [6.45, 7) is 6.06. The lowest BCUT2D eigenvalue weighted by Gasteiger charge is -2.32. The summed E-state index contributed by atoms with van der Waals surface area (Å²) >= 11 is 0. The van der Waals surface area contributed by atoms with Crippen molar-refractivity contribution in [1.29, 1.82) is 0 Å². The van der Waals surface area contributed by atoms with Gasteiger partial charge in [0.05, 0.1) is 0 Å². The maximum Gasteiger partial charge on any atom is 0.254 e. The van der Waals surface area contributed by atoms with Crippen LogP contribution in [0.25, 0.3) is 0 Å². The molecule has 2 nitrogen and oxygen atoms in total. The van der Waals surface area contributed by atoms with Crippen molar-refractivity contribution in [2.45, 2.75) is 26.3 Å². The van der Waals surface area contributed by atoms with Crippen LogP contribution in [0.4, 0.5) is 0 Å². The topological polar surface area (TPSA) is 20.3 Å². The van der Waals surface area contributed by atoms with Crippen molar-refractivity contribution in [3.63, 3.8) is 0 Å². The molecule has 2 heteroatoms. The molecule has 1 aromatic rings. The van der Waals surface area contributed by atoms with Crippen LogP contribution in [0.1, 0.15) is 31.1 Å². The zero-order valence-electron chi connectivity index (χ0n) is 9.24. The fourth-order valence-electron chi connectivity index (χ4n) is 1.08. The fourth-order valence-corrected chi connectivity index (χ4v) is 1.08. The Bertz CT molecular complexity index is 311. The Kier molecular flexibility index (Phi) is 2.94. The molecule has 0 atom stereocenters. The maximum atomic E-state index is 11.9. The fraction of sp³-hybridized carbons (Fsp3) is 0.417. The molecule has 1 rings (SSSR count). The van der Waals surface area contributed by atoms with Crippen molar-refractivity contribution in [3.8, 4) is 0 Å². The standard InChI is InChI=1S/C12H17NO/c1-12(2,3)13(4)11(14)10-8-6-5-7-9-10/h5-9H,1-4H3. The first-order chi connectivity index (χ1) is 6.43. The van der Waals surface area contributed by atoms with Crippen LogP contribution in [0, 0.1) is 0 Å². The van der Waals surface area contributed by atoms with Crippen LogP contribution in [0.15, 0.2) is 30.3 Å². The molecule has 0 aliphatic rings. The molecule has 0 saturated carbocycles. The molecule has 0 aliphatic heterocycles. The summed E-state index contributed by atoms with van der Waals surface area (Å²) in [6.07, 6.45) is 0. The van der Waals surface area contributed by atoms with Gasteiger partial charge in [-0.2, -0.15) is 0 Å². The third-order valence-corrected chi connectivity index (χ3v) is 2.33. The Labute approximate surface area is 85.5 Å². The number of hydrogen-bond acceptors (Lipinski definition) is 1. The predicted octanol–water partition coefficient (Wildman–Crippen LogP) is 2.56. The molecule has 1 amide bonds. The second kappa shape index (κ2) is 3.82. The number of amides is 1. The van der Waals surface area contributed by atoms with Gasteiger partial charge in [0.2, 0.25) is 0 Å². The smallest absolute Gasteiger partial charge is 0.254 e. The third kappa shape index (κ3) is 2.34. The molecule has 14 heavy (non-hydrogen) atoms. The zero-order valence-corrected chi connectivity index (χ0v) is 9.24. The predicted molar refractivity (Wildman–Crippen MR) is 58.3 cm³/mol. The van der Waals surface area contributed by atoms with E-state index in [2.05, 4.69) is 0 Å². The lowest BCUT2D eigenvalue weighted by molar-refractivity contribution is 0.0656. The number of nitrogens with zero attached hydrogens (tertiary/aromatic N) is 1. The Morgan fingerprint density at radius 3 is 2.07 bits per heavy atom. The number of benzene rings is 1. The van der Waals surface area contributed by atoms with Gasteiger partial charge in [-0.15, -0.1) is 0 Å². The van der Waals surface area contributed by atoms with E-state index >= 15 is 0 Å². The maximum absolute atomic E-state index is 11.9. The van der Waals surface area contributed by atoms with Crippen LogP contribution in [-0.4, -0.2) is 23.4 Å². The highest BCUT2D eigenvalue weighted by Gasteiger charge is 2.22. The normalized spacial score (nSPS) is 11.1. The summed E-state index contributed by atoms with van der Waals surface area (Å²) in [5.41, 5.74) is 0.609. The summed E-state index contributed by atoms with van der Waals surface area (Å²) in [5.74, 6) is 0.0677. The molecule has 0 unspecified atom stereocenters. The monoisotopic (exact) mass is 191 g/mol. The molecule has 0 aromatic heterocycles. The SMILES string of the molecule is CN(C(=O)c1ccccc1)C(C)(C)C. The summed E-state index contributed by atoms with van der Waals surface area (Å²) in [6, 6.07) is 9.34. The largest absolute Gasteiger partial charge is 0.337 e. The van der Waals surface area contributed by atoms with E-state index in [9.17, 15) is 4.79 Å². The van der Waals surface area contributed by atoms with E-state index in [1.54, 1.807) is 4.90 Å². The summed E-state index contributed by atoms with van der Waals surface area (Å²) in [7, 11) is 1.83. The number of carbonyl (C=O) groups is 1. The van der Waals surface area contributed by atoms with Crippen LogP contribution in [0.3, 0.4) is 0 Å². The molecule has 0 radical (unpaired) electrons. The van der Waals surface area contributed by atoms with Gasteiger partial charge in [-0.3, -0.25) is 4.79 Å². The second-order valence-corrected chi connectivity index (χ2v) is 4.40. The lowest BCUT2D eigenvalue weighted by Crippen LogP contribution is -2.42. The van der Waals surface area contributed by atoms with Crippen LogP contribution in [0.2, 0.25) is 0 Å². The van der Waals surface area contributed by atoms with Crippen molar-refractivity contribution in [2.24, 2.45) is 0 Å². The average molecular weight is 191 g/mol. The summed E-state index contributed by atoms with van der Waals surface area (Å²) < 4.78 is 0. The number of carbonyl (C=O) groups excluding carboxylic acids is 1. The van der Waals surface area contributed by atoms with Crippen LogP contribution in [0.5, 0.6) is 0 Å². The van der Waals surface area contributed by atoms with Crippen molar-refractivity contribution >= 4 is 5.91 Å². The highest BCUT2D eigenvalue weighted by Crippen LogP contribution is 2.14. The minimum atomic E-state index is -0.132. The van der Waals surface area contributed by atoms with Crippen molar-refractivity contribution < 1.29 is 4.79 Å². The van der Waals surface area contributed by atoms with Gasteiger partial charge >= 0.3 is 0 Å². The highest BCUT2D eigenvalue weighted by molar-refractivity contribution is 5.94. The molecule has 1 aromatic carbocycles. The van der Waals surface area contributed by atoms with Crippen LogP contribution < -0.4 is 0 Å². The van der Waals surface area contributed by atoms with Crippen LogP contribution >= 0.6 is 0 Å². The molecule has 0 aliphatic carbocycles. The van der Waals surface area contributed by atoms with Gasteiger partial charge in [0.25, 0.3) is 5.91 Å². The van der Waals surface area contributed by atoms with Gasteiger partial charge in [-0.25, -0.2) is 0 Å². The Hall–Kier alpha value is -1.31. The minimum Gasteiger partial charge on any atom is -0.337 e. The van der Waals surface area contributed by atoms with Gasteiger partial charge in [0, 0.05) is 18.2 Å². The molecule has 0 N–H and O–H groups in total. The Balaban J connectivity index is 2.87. The molecule has 0 saturated heterocycles. The van der Waals surface area contributed by atoms with E-state index in [-0.39, 0.29) is 11.4 Å².